The molecule has 3 heteroatoms. The molecule has 0 saturated carbocycles. The first-order chi connectivity index (χ1) is 9.10. The first-order valence-corrected chi connectivity index (χ1v) is 6.36. The molecule has 19 heavy (non-hydrogen) atoms. The third kappa shape index (κ3) is 3.27. The van der Waals surface area contributed by atoms with Crippen molar-refractivity contribution in [2.24, 2.45) is 0 Å². The van der Waals surface area contributed by atoms with Crippen LogP contribution in [0.1, 0.15) is 22.3 Å². The lowest BCUT2D eigenvalue weighted by Crippen LogP contribution is -1.99. The van der Waals surface area contributed by atoms with Crippen molar-refractivity contribution in [3.8, 4) is 11.8 Å². The molecule has 0 bridgehead atoms. The van der Waals surface area contributed by atoms with E-state index in [9.17, 15) is 0 Å². The molecular formula is C16H14ClNO. The summed E-state index contributed by atoms with van der Waals surface area (Å²) in [5, 5.41) is 9.58. The minimum Gasteiger partial charge on any atom is -0.488 e. The Kier molecular flexibility index (Phi) is 4.09. The number of rotatable bonds is 3. The highest BCUT2D eigenvalue weighted by Crippen LogP contribution is 2.27. The van der Waals surface area contributed by atoms with Gasteiger partial charge >= 0.3 is 0 Å². The molecule has 0 N–H and O–H groups in total. The highest BCUT2D eigenvalue weighted by atomic mass is 35.5. The first kappa shape index (κ1) is 13.5. The van der Waals surface area contributed by atoms with Gasteiger partial charge in [-0.15, -0.1) is 0 Å². The molecule has 2 rings (SSSR count). The van der Waals surface area contributed by atoms with Crippen molar-refractivity contribution in [3.05, 3.63) is 63.7 Å². The number of ether oxygens (including phenoxy) is 1. The third-order valence-electron chi connectivity index (χ3n) is 2.86. The Bertz CT molecular complexity index is 620. The van der Waals surface area contributed by atoms with Crippen LogP contribution in [0.15, 0.2) is 36.4 Å². The fourth-order valence-electron chi connectivity index (χ4n) is 2.01. The first-order valence-electron chi connectivity index (χ1n) is 5.99. The average molecular weight is 272 g/mol. The minimum atomic E-state index is 0.443. The highest BCUT2D eigenvalue weighted by Gasteiger charge is 2.06. The van der Waals surface area contributed by atoms with Crippen molar-refractivity contribution in [1.29, 1.82) is 5.26 Å². The van der Waals surface area contributed by atoms with Crippen molar-refractivity contribution in [2.45, 2.75) is 20.5 Å². The van der Waals surface area contributed by atoms with Crippen molar-refractivity contribution >= 4 is 11.6 Å². The molecule has 2 aromatic rings. The van der Waals surface area contributed by atoms with E-state index < -0.39 is 0 Å². The number of aryl methyl sites for hydroxylation is 2. The van der Waals surface area contributed by atoms with Crippen LogP contribution in [0.25, 0.3) is 0 Å². The smallest absolute Gasteiger partial charge is 0.125 e. The van der Waals surface area contributed by atoms with E-state index in [0.29, 0.717) is 17.2 Å². The summed E-state index contributed by atoms with van der Waals surface area (Å²) in [7, 11) is 0. The molecule has 0 radical (unpaired) electrons. The van der Waals surface area contributed by atoms with Crippen molar-refractivity contribution in [2.75, 3.05) is 0 Å². The van der Waals surface area contributed by atoms with E-state index in [0.717, 1.165) is 22.4 Å². The summed E-state index contributed by atoms with van der Waals surface area (Å²) in [6.07, 6.45) is 0. The SMILES string of the molecule is Cc1cc(Cl)cc(C)c1OCc1cccc(C#N)c1. The average Bonchev–Trinajstić information content (AvgIpc) is 2.37. The summed E-state index contributed by atoms with van der Waals surface area (Å²) in [4.78, 5) is 0. The Morgan fingerprint density at radius 1 is 1.16 bits per heavy atom. The summed E-state index contributed by atoms with van der Waals surface area (Å²) in [5.41, 5.74) is 3.65. The number of benzene rings is 2. The summed E-state index contributed by atoms with van der Waals surface area (Å²) in [6.45, 7) is 4.39. The molecule has 0 aliphatic heterocycles. The largest absolute Gasteiger partial charge is 0.488 e. The van der Waals surface area contributed by atoms with Crippen LogP contribution in [-0.2, 0) is 6.61 Å². The van der Waals surface area contributed by atoms with Crippen LogP contribution >= 0.6 is 11.6 Å². The van der Waals surface area contributed by atoms with E-state index in [-0.39, 0.29) is 0 Å². The standard InChI is InChI=1S/C16H14ClNO/c1-11-6-15(17)7-12(2)16(11)19-10-14-5-3-4-13(8-14)9-18/h3-8H,10H2,1-2H3. The van der Waals surface area contributed by atoms with Crippen LogP contribution in [-0.4, -0.2) is 0 Å². The number of hydrogen-bond acceptors (Lipinski definition) is 2. The van der Waals surface area contributed by atoms with Crippen LogP contribution in [0, 0.1) is 25.2 Å². The molecule has 0 aliphatic rings. The van der Waals surface area contributed by atoms with Crippen LogP contribution in [0.3, 0.4) is 0 Å². The summed E-state index contributed by atoms with van der Waals surface area (Å²) < 4.78 is 5.84. The van der Waals surface area contributed by atoms with E-state index in [1.165, 1.54) is 0 Å². The highest BCUT2D eigenvalue weighted by molar-refractivity contribution is 6.30. The summed E-state index contributed by atoms with van der Waals surface area (Å²) >= 11 is 5.99. The van der Waals surface area contributed by atoms with E-state index in [1.54, 1.807) is 6.07 Å². The van der Waals surface area contributed by atoms with Crippen LogP contribution in [0.2, 0.25) is 5.02 Å². The van der Waals surface area contributed by atoms with Gasteiger partial charge in [0.05, 0.1) is 11.6 Å². The molecule has 0 heterocycles. The lowest BCUT2D eigenvalue weighted by atomic mass is 10.1. The van der Waals surface area contributed by atoms with Gasteiger partial charge in [-0.05, 0) is 54.8 Å². The van der Waals surface area contributed by atoms with Crippen LogP contribution in [0.5, 0.6) is 5.75 Å². The topological polar surface area (TPSA) is 33.0 Å². The van der Waals surface area contributed by atoms with E-state index in [2.05, 4.69) is 6.07 Å². The fraction of sp³-hybridized carbons (Fsp3) is 0.188. The van der Waals surface area contributed by atoms with Gasteiger partial charge in [-0.1, -0.05) is 23.7 Å². The number of nitrogens with zero attached hydrogens (tertiary/aromatic N) is 1. The molecule has 0 saturated heterocycles. The second-order valence-corrected chi connectivity index (χ2v) is 4.91. The maximum Gasteiger partial charge on any atom is 0.125 e. The lowest BCUT2D eigenvalue weighted by molar-refractivity contribution is 0.302. The zero-order valence-electron chi connectivity index (χ0n) is 10.9. The monoisotopic (exact) mass is 271 g/mol. The second-order valence-electron chi connectivity index (χ2n) is 4.47. The van der Waals surface area contributed by atoms with E-state index >= 15 is 0 Å². The van der Waals surface area contributed by atoms with Gasteiger partial charge in [0.15, 0.2) is 0 Å². The van der Waals surface area contributed by atoms with Gasteiger partial charge in [0.1, 0.15) is 12.4 Å². The summed E-state index contributed by atoms with van der Waals surface area (Å²) in [6, 6.07) is 13.3. The van der Waals surface area contributed by atoms with Gasteiger partial charge in [0, 0.05) is 5.02 Å². The van der Waals surface area contributed by atoms with Gasteiger partial charge < -0.3 is 4.74 Å². The molecule has 0 atom stereocenters. The van der Waals surface area contributed by atoms with Gasteiger partial charge in [0.2, 0.25) is 0 Å². The van der Waals surface area contributed by atoms with Crippen molar-refractivity contribution in [3.63, 3.8) is 0 Å². The van der Waals surface area contributed by atoms with Crippen molar-refractivity contribution in [1.82, 2.24) is 0 Å². The Hall–Kier alpha value is -1.98. The molecule has 0 spiro atoms. The van der Waals surface area contributed by atoms with E-state index in [4.69, 9.17) is 21.6 Å². The zero-order valence-corrected chi connectivity index (χ0v) is 11.7. The maximum atomic E-state index is 8.86. The fourth-order valence-corrected chi connectivity index (χ4v) is 2.34. The number of halogens is 1. The Morgan fingerprint density at radius 2 is 1.84 bits per heavy atom. The Labute approximate surface area is 118 Å². The second kappa shape index (κ2) is 5.77. The Morgan fingerprint density at radius 3 is 2.47 bits per heavy atom. The normalized spacial score (nSPS) is 10.0. The molecule has 0 amide bonds. The molecule has 2 aromatic carbocycles. The predicted molar refractivity (Wildman–Crippen MR) is 76.4 cm³/mol. The lowest BCUT2D eigenvalue weighted by Gasteiger charge is -2.12. The van der Waals surface area contributed by atoms with Gasteiger partial charge in [-0.3, -0.25) is 0 Å². The van der Waals surface area contributed by atoms with E-state index in [1.807, 2.05) is 44.2 Å². The molecule has 0 fully saturated rings. The number of hydrogen-bond donors (Lipinski definition) is 0. The predicted octanol–water partition coefficient (Wildman–Crippen LogP) is 4.41. The molecule has 96 valence electrons. The van der Waals surface area contributed by atoms with Crippen LogP contribution in [0.4, 0.5) is 0 Å². The minimum absolute atomic E-state index is 0.443. The molecule has 0 unspecified atom stereocenters. The molecule has 0 aliphatic carbocycles. The maximum absolute atomic E-state index is 8.86. The van der Waals surface area contributed by atoms with Gasteiger partial charge in [-0.25, -0.2) is 0 Å². The van der Waals surface area contributed by atoms with Gasteiger partial charge in [-0.2, -0.15) is 5.26 Å². The number of nitriles is 1. The summed E-state index contributed by atoms with van der Waals surface area (Å²) in [5.74, 6) is 0.853. The quantitative estimate of drug-likeness (QED) is 0.828. The zero-order chi connectivity index (χ0) is 13.8. The van der Waals surface area contributed by atoms with Crippen molar-refractivity contribution < 1.29 is 4.74 Å². The molecule has 0 aromatic heterocycles. The Balaban J connectivity index is 2.17. The molecular weight excluding hydrogens is 258 g/mol. The van der Waals surface area contributed by atoms with Crippen LogP contribution < -0.4 is 4.74 Å². The molecule has 2 nitrogen and oxygen atoms in total. The third-order valence-corrected chi connectivity index (χ3v) is 3.08. The van der Waals surface area contributed by atoms with Gasteiger partial charge in [0.25, 0.3) is 0 Å².